The highest BCUT2D eigenvalue weighted by atomic mass is 19.1. The SMILES string of the molecule is CCOC(=O)[C@@]1(Cc2ccc(F)cc2)CCCN(C(=O)c2ccc(OC)cc2OC)C1. The molecule has 31 heavy (non-hydrogen) atoms. The van der Waals surface area contributed by atoms with E-state index in [0.717, 1.165) is 5.56 Å². The number of benzene rings is 2. The first-order valence-corrected chi connectivity index (χ1v) is 10.4. The lowest BCUT2D eigenvalue weighted by molar-refractivity contribution is -0.158. The minimum Gasteiger partial charge on any atom is -0.497 e. The Kier molecular flexibility index (Phi) is 7.15. The average Bonchev–Trinajstić information content (AvgIpc) is 2.80. The second-order valence-corrected chi connectivity index (χ2v) is 7.70. The minimum atomic E-state index is -0.887. The number of rotatable bonds is 7. The van der Waals surface area contributed by atoms with Crippen molar-refractivity contribution in [2.24, 2.45) is 5.41 Å². The number of likely N-dealkylation sites (tertiary alicyclic amines) is 1. The number of methoxy groups -OCH3 is 2. The van der Waals surface area contributed by atoms with Crippen LogP contribution in [-0.4, -0.2) is 50.7 Å². The van der Waals surface area contributed by atoms with Gasteiger partial charge in [0.15, 0.2) is 0 Å². The van der Waals surface area contributed by atoms with E-state index in [-0.39, 0.29) is 30.8 Å². The molecule has 0 N–H and O–H groups in total. The molecule has 1 saturated heterocycles. The van der Waals surface area contributed by atoms with Crippen LogP contribution in [0.15, 0.2) is 42.5 Å². The van der Waals surface area contributed by atoms with Gasteiger partial charge in [-0.25, -0.2) is 4.39 Å². The molecule has 1 fully saturated rings. The monoisotopic (exact) mass is 429 g/mol. The zero-order valence-corrected chi connectivity index (χ0v) is 18.2. The zero-order valence-electron chi connectivity index (χ0n) is 18.2. The number of carbonyl (C=O) groups is 2. The van der Waals surface area contributed by atoms with E-state index in [0.29, 0.717) is 42.9 Å². The van der Waals surface area contributed by atoms with Gasteiger partial charge in [-0.05, 0) is 56.0 Å². The molecule has 166 valence electrons. The van der Waals surface area contributed by atoms with Gasteiger partial charge in [-0.1, -0.05) is 12.1 Å². The predicted molar refractivity (Wildman–Crippen MR) is 114 cm³/mol. The summed E-state index contributed by atoms with van der Waals surface area (Å²) in [4.78, 5) is 28.0. The zero-order chi connectivity index (χ0) is 22.4. The number of nitrogens with zero attached hydrogens (tertiary/aromatic N) is 1. The van der Waals surface area contributed by atoms with E-state index in [4.69, 9.17) is 14.2 Å². The number of ether oxygens (including phenoxy) is 3. The molecule has 1 atom stereocenters. The molecule has 1 aliphatic rings. The number of halogens is 1. The van der Waals surface area contributed by atoms with Crippen molar-refractivity contribution in [1.29, 1.82) is 0 Å². The van der Waals surface area contributed by atoms with Crippen LogP contribution < -0.4 is 9.47 Å². The molecule has 0 aliphatic carbocycles. The number of piperidine rings is 1. The summed E-state index contributed by atoms with van der Waals surface area (Å²) in [6, 6.07) is 11.1. The maximum absolute atomic E-state index is 13.4. The lowest BCUT2D eigenvalue weighted by Crippen LogP contribution is -2.51. The molecule has 0 saturated carbocycles. The van der Waals surface area contributed by atoms with Crippen molar-refractivity contribution in [2.45, 2.75) is 26.2 Å². The van der Waals surface area contributed by atoms with Crippen LogP contribution >= 0.6 is 0 Å². The van der Waals surface area contributed by atoms with Gasteiger partial charge >= 0.3 is 5.97 Å². The Bertz CT molecular complexity index is 930. The third-order valence-corrected chi connectivity index (χ3v) is 5.67. The van der Waals surface area contributed by atoms with Gasteiger partial charge in [0.2, 0.25) is 0 Å². The smallest absolute Gasteiger partial charge is 0.314 e. The molecule has 1 amide bonds. The Morgan fingerprint density at radius 1 is 1.10 bits per heavy atom. The summed E-state index contributed by atoms with van der Waals surface area (Å²) >= 11 is 0. The van der Waals surface area contributed by atoms with Gasteiger partial charge in [-0.3, -0.25) is 9.59 Å². The first-order valence-electron chi connectivity index (χ1n) is 10.4. The molecule has 2 aromatic rings. The topological polar surface area (TPSA) is 65.1 Å². The molecule has 7 heteroatoms. The largest absolute Gasteiger partial charge is 0.497 e. The van der Waals surface area contributed by atoms with Crippen molar-refractivity contribution in [3.8, 4) is 11.5 Å². The van der Waals surface area contributed by atoms with Crippen LogP contribution in [0, 0.1) is 11.2 Å². The number of amides is 1. The maximum Gasteiger partial charge on any atom is 0.314 e. The third kappa shape index (κ3) is 4.98. The highest BCUT2D eigenvalue weighted by Crippen LogP contribution is 2.37. The van der Waals surface area contributed by atoms with Gasteiger partial charge in [-0.15, -0.1) is 0 Å². The Morgan fingerprint density at radius 3 is 2.48 bits per heavy atom. The summed E-state index contributed by atoms with van der Waals surface area (Å²) < 4.78 is 29.4. The highest BCUT2D eigenvalue weighted by molar-refractivity contribution is 5.97. The van der Waals surface area contributed by atoms with E-state index < -0.39 is 5.41 Å². The van der Waals surface area contributed by atoms with E-state index in [1.165, 1.54) is 19.2 Å². The van der Waals surface area contributed by atoms with E-state index >= 15 is 0 Å². The van der Waals surface area contributed by atoms with Crippen molar-refractivity contribution in [3.05, 3.63) is 59.4 Å². The van der Waals surface area contributed by atoms with Gasteiger partial charge in [-0.2, -0.15) is 0 Å². The van der Waals surface area contributed by atoms with Crippen molar-refractivity contribution < 1.29 is 28.2 Å². The third-order valence-electron chi connectivity index (χ3n) is 5.67. The molecule has 2 aromatic carbocycles. The van der Waals surface area contributed by atoms with E-state index in [2.05, 4.69) is 0 Å². The number of hydrogen-bond acceptors (Lipinski definition) is 5. The minimum absolute atomic E-state index is 0.216. The molecule has 1 aliphatic heterocycles. The molecular weight excluding hydrogens is 401 g/mol. The van der Waals surface area contributed by atoms with Gasteiger partial charge in [0.25, 0.3) is 5.91 Å². The molecule has 0 unspecified atom stereocenters. The standard InChI is InChI=1S/C24H28FNO5/c1-4-31-23(28)24(15-17-6-8-18(25)9-7-17)12-5-13-26(16-24)22(27)20-11-10-19(29-2)14-21(20)30-3/h6-11,14H,4-5,12-13,15-16H2,1-3H3/t24-/m1/s1. The fourth-order valence-corrected chi connectivity index (χ4v) is 4.11. The summed E-state index contributed by atoms with van der Waals surface area (Å²) in [5, 5.41) is 0. The van der Waals surface area contributed by atoms with Crippen LogP contribution in [0.25, 0.3) is 0 Å². The fraction of sp³-hybridized carbons (Fsp3) is 0.417. The molecule has 3 rings (SSSR count). The van der Waals surface area contributed by atoms with Crippen LogP contribution in [-0.2, 0) is 16.0 Å². The Labute approximate surface area is 181 Å². The highest BCUT2D eigenvalue weighted by Gasteiger charge is 2.45. The Hall–Kier alpha value is -3.09. The summed E-state index contributed by atoms with van der Waals surface area (Å²) in [7, 11) is 3.04. The molecular formula is C24H28FNO5. The second-order valence-electron chi connectivity index (χ2n) is 7.70. The molecule has 1 heterocycles. The van der Waals surface area contributed by atoms with E-state index in [1.807, 2.05) is 0 Å². The number of carbonyl (C=O) groups excluding carboxylic acids is 2. The predicted octanol–water partition coefficient (Wildman–Crippen LogP) is 3.87. The normalized spacial score (nSPS) is 18.4. The number of hydrogen-bond donors (Lipinski definition) is 0. The lowest BCUT2D eigenvalue weighted by Gasteiger charge is -2.41. The van der Waals surface area contributed by atoms with E-state index in [1.54, 1.807) is 49.3 Å². The van der Waals surface area contributed by atoms with Crippen molar-refractivity contribution in [1.82, 2.24) is 4.90 Å². The Morgan fingerprint density at radius 2 is 1.84 bits per heavy atom. The molecule has 0 aromatic heterocycles. The van der Waals surface area contributed by atoms with Crippen LogP contribution in [0.2, 0.25) is 0 Å². The Balaban J connectivity index is 1.90. The first kappa shape index (κ1) is 22.6. The van der Waals surface area contributed by atoms with Crippen LogP contribution in [0.4, 0.5) is 4.39 Å². The summed E-state index contributed by atoms with van der Waals surface area (Å²) in [5.41, 5.74) is 0.345. The molecule has 0 radical (unpaired) electrons. The second kappa shape index (κ2) is 9.81. The summed E-state index contributed by atoms with van der Waals surface area (Å²) in [6.07, 6.45) is 1.62. The van der Waals surface area contributed by atoms with Crippen molar-refractivity contribution in [2.75, 3.05) is 33.9 Å². The lowest BCUT2D eigenvalue weighted by atomic mass is 9.75. The molecule has 6 nitrogen and oxygen atoms in total. The molecule has 0 bridgehead atoms. The van der Waals surface area contributed by atoms with Gasteiger partial charge in [0, 0.05) is 19.2 Å². The quantitative estimate of drug-likeness (QED) is 0.625. The van der Waals surface area contributed by atoms with Gasteiger partial charge < -0.3 is 19.1 Å². The fourth-order valence-electron chi connectivity index (χ4n) is 4.11. The van der Waals surface area contributed by atoms with Crippen LogP contribution in [0.5, 0.6) is 11.5 Å². The first-order chi connectivity index (χ1) is 14.9. The van der Waals surface area contributed by atoms with Crippen molar-refractivity contribution in [3.63, 3.8) is 0 Å². The summed E-state index contributed by atoms with van der Waals surface area (Å²) in [6.45, 7) is 2.76. The van der Waals surface area contributed by atoms with Gasteiger partial charge in [0.05, 0.1) is 31.8 Å². The average molecular weight is 429 g/mol. The number of esters is 1. The van der Waals surface area contributed by atoms with Gasteiger partial charge in [0.1, 0.15) is 17.3 Å². The van der Waals surface area contributed by atoms with Crippen molar-refractivity contribution >= 4 is 11.9 Å². The van der Waals surface area contributed by atoms with Crippen LogP contribution in [0.1, 0.15) is 35.7 Å². The van der Waals surface area contributed by atoms with Crippen LogP contribution in [0.3, 0.4) is 0 Å². The van der Waals surface area contributed by atoms with E-state index in [9.17, 15) is 14.0 Å². The maximum atomic E-state index is 13.4. The summed E-state index contributed by atoms with van der Waals surface area (Å²) in [5.74, 6) is 0.117. The molecule has 0 spiro atoms.